The quantitative estimate of drug-likeness (QED) is 0.337. The van der Waals surface area contributed by atoms with Crippen LogP contribution in [0.15, 0.2) is 36.4 Å². The van der Waals surface area contributed by atoms with Crippen LogP contribution < -0.4 is 4.74 Å². The highest BCUT2D eigenvalue weighted by Crippen LogP contribution is 2.44. The van der Waals surface area contributed by atoms with E-state index in [2.05, 4.69) is 16.8 Å². The minimum absolute atomic E-state index is 0.0390. The van der Waals surface area contributed by atoms with Gasteiger partial charge in [-0.2, -0.15) is 13.2 Å². The molecule has 212 valence electrons. The summed E-state index contributed by atoms with van der Waals surface area (Å²) >= 11 is 0. The normalized spacial score (nSPS) is 21.6. The number of aromatic amines is 1. The van der Waals surface area contributed by atoms with E-state index in [9.17, 15) is 18.3 Å². The first kappa shape index (κ1) is 27.9. The van der Waals surface area contributed by atoms with Crippen LogP contribution in [0.5, 0.6) is 5.75 Å². The van der Waals surface area contributed by atoms with Crippen LogP contribution in [0.25, 0.3) is 10.9 Å². The summed E-state index contributed by atoms with van der Waals surface area (Å²) in [5, 5.41) is 10.4. The van der Waals surface area contributed by atoms with Gasteiger partial charge in [0, 0.05) is 66.5 Å². The fourth-order valence-corrected chi connectivity index (χ4v) is 5.94. The number of para-hydroxylation sites is 1. The van der Waals surface area contributed by atoms with Crippen LogP contribution in [-0.4, -0.2) is 71.5 Å². The van der Waals surface area contributed by atoms with E-state index < -0.39 is 49.0 Å². The molecule has 0 aliphatic carbocycles. The minimum atomic E-state index is -4.66. The van der Waals surface area contributed by atoms with Crippen LogP contribution in [0.3, 0.4) is 0 Å². The van der Waals surface area contributed by atoms with Gasteiger partial charge in [-0.1, -0.05) is 31.5 Å². The maximum atomic E-state index is 15.7. The predicted octanol–water partition coefficient (Wildman–Crippen LogP) is 5.67. The second-order valence-electron chi connectivity index (χ2n) is 10.8. The molecule has 1 fully saturated rings. The molecular weight excluding hydrogens is 517 g/mol. The zero-order valence-corrected chi connectivity index (χ0v) is 22.1. The van der Waals surface area contributed by atoms with E-state index in [1.54, 1.807) is 6.92 Å². The molecule has 3 aromatic rings. The van der Waals surface area contributed by atoms with Gasteiger partial charge in [-0.3, -0.25) is 9.80 Å². The van der Waals surface area contributed by atoms with E-state index in [1.165, 1.54) is 4.90 Å². The van der Waals surface area contributed by atoms with E-state index in [0.29, 0.717) is 24.6 Å². The number of aromatic nitrogens is 1. The summed E-state index contributed by atoms with van der Waals surface area (Å²) in [5.74, 6) is -3.12. The molecule has 10 heteroatoms. The third kappa shape index (κ3) is 5.51. The second kappa shape index (κ2) is 11.1. The molecule has 2 N–H and O–H groups in total. The summed E-state index contributed by atoms with van der Waals surface area (Å²) in [6.07, 6.45) is -3.15. The van der Waals surface area contributed by atoms with Crippen molar-refractivity contribution in [3.63, 3.8) is 0 Å². The fraction of sp³-hybridized carbons (Fsp3) is 0.517. The molecule has 1 saturated heterocycles. The number of aliphatic hydroxyl groups is 1. The van der Waals surface area contributed by atoms with Gasteiger partial charge in [0.15, 0.2) is 0 Å². The van der Waals surface area contributed by atoms with Crippen molar-refractivity contribution in [2.45, 2.75) is 44.9 Å². The second-order valence-corrected chi connectivity index (χ2v) is 10.8. The van der Waals surface area contributed by atoms with Crippen molar-refractivity contribution in [1.29, 1.82) is 0 Å². The zero-order chi connectivity index (χ0) is 27.9. The number of likely N-dealkylation sites (tertiary alicyclic amines) is 1. The fourth-order valence-electron chi connectivity index (χ4n) is 5.94. The highest BCUT2D eigenvalue weighted by Gasteiger charge is 2.45. The van der Waals surface area contributed by atoms with Gasteiger partial charge in [0.2, 0.25) is 0 Å². The highest BCUT2D eigenvalue weighted by atomic mass is 19.4. The maximum absolute atomic E-state index is 15.7. The van der Waals surface area contributed by atoms with Gasteiger partial charge in [-0.05, 0) is 30.9 Å². The summed E-state index contributed by atoms with van der Waals surface area (Å²) < 4.78 is 78.2. The molecule has 0 saturated carbocycles. The van der Waals surface area contributed by atoms with Crippen molar-refractivity contribution in [3.8, 4) is 5.75 Å². The number of aliphatic hydroxyl groups excluding tert-OH is 1. The Hall–Kier alpha value is -2.69. The maximum Gasteiger partial charge on any atom is 0.395 e. The van der Waals surface area contributed by atoms with Crippen molar-refractivity contribution < 1.29 is 31.8 Å². The predicted molar refractivity (Wildman–Crippen MR) is 139 cm³/mol. The Morgan fingerprint density at radius 1 is 1.13 bits per heavy atom. The minimum Gasteiger partial charge on any atom is -0.492 e. The first-order valence-electron chi connectivity index (χ1n) is 13.5. The number of nitrogens with zero attached hydrogens (tertiary/aromatic N) is 2. The van der Waals surface area contributed by atoms with Crippen molar-refractivity contribution >= 4 is 10.9 Å². The molecule has 2 aliphatic rings. The number of halogens is 5. The molecule has 0 unspecified atom stereocenters. The molecule has 2 aromatic carbocycles. The number of nitrogens with one attached hydrogen (secondary N) is 1. The monoisotopic (exact) mass is 551 g/mol. The lowest BCUT2D eigenvalue weighted by atomic mass is 9.87. The van der Waals surface area contributed by atoms with Crippen LogP contribution in [0.1, 0.15) is 43.1 Å². The number of rotatable bonds is 9. The van der Waals surface area contributed by atoms with E-state index in [-0.39, 0.29) is 17.9 Å². The SMILES string of the molecule is CCC1CN(CCOc2cc(F)c([C@@H]3c4[nH]c5ccccc5c4C[C@@H](C)N3C[C@@H](CO)C(F)(F)F)c(F)c2)C1. The molecule has 0 radical (unpaired) electrons. The molecule has 39 heavy (non-hydrogen) atoms. The summed E-state index contributed by atoms with van der Waals surface area (Å²) in [6, 6.07) is 7.99. The van der Waals surface area contributed by atoms with Gasteiger partial charge in [-0.15, -0.1) is 0 Å². The number of benzene rings is 2. The number of H-pyrrole nitrogens is 1. The Labute approximate surface area is 224 Å². The molecule has 3 atom stereocenters. The first-order valence-corrected chi connectivity index (χ1v) is 13.5. The molecule has 0 bridgehead atoms. The average Bonchev–Trinajstić information content (AvgIpc) is 3.21. The van der Waals surface area contributed by atoms with E-state index in [0.717, 1.165) is 48.1 Å². The van der Waals surface area contributed by atoms with Crippen molar-refractivity contribution in [2.24, 2.45) is 11.8 Å². The van der Waals surface area contributed by atoms with E-state index >= 15 is 8.78 Å². The Morgan fingerprint density at radius 2 is 1.82 bits per heavy atom. The molecule has 0 spiro atoms. The smallest absolute Gasteiger partial charge is 0.395 e. The number of hydrogen-bond donors (Lipinski definition) is 2. The largest absolute Gasteiger partial charge is 0.492 e. The summed E-state index contributed by atoms with van der Waals surface area (Å²) in [5.41, 5.74) is 1.69. The van der Waals surface area contributed by atoms with Gasteiger partial charge in [0.25, 0.3) is 0 Å². The van der Waals surface area contributed by atoms with Crippen LogP contribution in [0.2, 0.25) is 0 Å². The number of alkyl halides is 3. The zero-order valence-electron chi connectivity index (χ0n) is 22.1. The Kier molecular flexibility index (Phi) is 7.90. The first-order chi connectivity index (χ1) is 18.6. The molecule has 2 aliphatic heterocycles. The third-order valence-corrected chi connectivity index (χ3v) is 8.24. The topological polar surface area (TPSA) is 51.7 Å². The molecule has 5 rings (SSSR count). The van der Waals surface area contributed by atoms with Crippen LogP contribution in [0.4, 0.5) is 22.0 Å². The Bertz CT molecular complexity index is 1280. The molecule has 1 aromatic heterocycles. The van der Waals surface area contributed by atoms with Gasteiger partial charge in [0.1, 0.15) is 24.0 Å². The summed E-state index contributed by atoms with van der Waals surface area (Å²) in [7, 11) is 0. The lowest BCUT2D eigenvalue weighted by molar-refractivity contribution is -0.191. The third-order valence-electron chi connectivity index (χ3n) is 8.24. The van der Waals surface area contributed by atoms with E-state index in [1.807, 2.05) is 24.3 Å². The lowest BCUT2D eigenvalue weighted by Crippen LogP contribution is -2.48. The van der Waals surface area contributed by atoms with E-state index in [4.69, 9.17) is 4.74 Å². The van der Waals surface area contributed by atoms with Crippen LogP contribution in [-0.2, 0) is 6.42 Å². The van der Waals surface area contributed by atoms with Crippen molar-refractivity contribution in [1.82, 2.24) is 14.8 Å². The summed E-state index contributed by atoms with van der Waals surface area (Å²) in [4.78, 5) is 6.89. The number of fused-ring (bicyclic) bond motifs is 3. The number of ether oxygens (including phenoxy) is 1. The molecular formula is C29H34F5N3O2. The molecule has 3 heterocycles. The van der Waals surface area contributed by atoms with Gasteiger partial charge >= 0.3 is 6.18 Å². The highest BCUT2D eigenvalue weighted by molar-refractivity contribution is 5.85. The van der Waals surface area contributed by atoms with Gasteiger partial charge in [0.05, 0.1) is 18.6 Å². The van der Waals surface area contributed by atoms with Crippen LogP contribution >= 0.6 is 0 Å². The molecule has 0 amide bonds. The average molecular weight is 552 g/mol. The molecule has 5 nitrogen and oxygen atoms in total. The summed E-state index contributed by atoms with van der Waals surface area (Å²) in [6.45, 7) is 5.05. The lowest BCUT2D eigenvalue weighted by Gasteiger charge is -2.42. The van der Waals surface area contributed by atoms with Gasteiger partial charge < -0.3 is 14.8 Å². The van der Waals surface area contributed by atoms with Crippen LogP contribution in [0, 0.1) is 23.5 Å². The van der Waals surface area contributed by atoms with Gasteiger partial charge in [-0.25, -0.2) is 8.78 Å². The Balaban J connectivity index is 1.48. The standard InChI is InChI=1S/C29H34F5N3O2/c1-3-18-13-36(14-18)8-9-39-20-11-23(30)26(24(31)12-20)28-27-22(21-6-4-5-7-25(21)35-27)10-17(2)37(28)15-19(16-38)29(32,33)34/h4-7,11-12,17-19,28,35,38H,3,8-10,13-16H2,1-2H3/t17-,19+,28-/m1/s1. The van der Waals surface area contributed by atoms with Crippen molar-refractivity contribution in [3.05, 3.63) is 64.9 Å². The Morgan fingerprint density at radius 3 is 2.46 bits per heavy atom. The number of hydrogen-bond acceptors (Lipinski definition) is 4. The van der Waals surface area contributed by atoms with Crippen molar-refractivity contribution in [2.75, 3.05) is 39.4 Å².